The van der Waals surface area contributed by atoms with Crippen LogP contribution in [-0.2, 0) is 4.79 Å². The van der Waals surface area contributed by atoms with Gasteiger partial charge in [-0.15, -0.1) is 0 Å². The summed E-state index contributed by atoms with van der Waals surface area (Å²) in [4.78, 5) is 21.5. The van der Waals surface area contributed by atoms with E-state index in [-0.39, 0.29) is 28.6 Å². The first-order chi connectivity index (χ1) is 8.82. The highest BCUT2D eigenvalue weighted by molar-refractivity contribution is 6.33. The van der Waals surface area contributed by atoms with Crippen LogP contribution in [-0.4, -0.2) is 39.8 Å². The summed E-state index contributed by atoms with van der Waals surface area (Å²) in [7, 11) is 0. The van der Waals surface area contributed by atoms with Crippen LogP contribution in [0.1, 0.15) is 28.9 Å². The molecule has 0 bridgehead atoms. The van der Waals surface area contributed by atoms with Gasteiger partial charge < -0.3 is 20.6 Å². The smallest absolute Gasteiger partial charge is 0.337 e. The maximum atomic E-state index is 10.8. The van der Waals surface area contributed by atoms with Crippen LogP contribution in [0.3, 0.4) is 0 Å². The highest BCUT2D eigenvalue weighted by atomic mass is 35.5. The molecular formula is C12H14ClNO5. The molecule has 0 aliphatic rings. The fourth-order valence-electron chi connectivity index (χ4n) is 1.47. The van der Waals surface area contributed by atoms with Crippen molar-refractivity contribution in [2.45, 2.75) is 19.1 Å². The van der Waals surface area contributed by atoms with Crippen molar-refractivity contribution >= 4 is 23.5 Å². The standard InChI is InChI=1S/C12H14ClNO5/c1-6(15)14-5-10(16)11(17)7-2-3-8(12(18)19)9(13)4-7/h2-4,10-11,16-17H,5H2,1H3,(H,14,15)(H,18,19). The van der Waals surface area contributed by atoms with Gasteiger partial charge in [0, 0.05) is 13.5 Å². The number of rotatable bonds is 5. The first-order valence-corrected chi connectivity index (χ1v) is 5.84. The van der Waals surface area contributed by atoms with Crippen molar-refractivity contribution in [1.29, 1.82) is 0 Å². The van der Waals surface area contributed by atoms with Crippen molar-refractivity contribution in [3.63, 3.8) is 0 Å². The molecule has 0 aromatic heterocycles. The lowest BCUT2D eigenvalue weighted by Gasteiger charge is -2.18. The fraction of sp³-hybridized carbons (Fsp3) is 0.333. The van der Waals surface area contributed by atoms with Crippen LogP contribution in [0.15, 0.2) is 18.2 Å². The predicted molar refractivity (Wildman–Crippen MR) is 68.1 cm³/mol. The molecule has 2 atom stereocenters. The largest absolute Gasteiger partial charge is 0.478 e. The fourth-order valence-corrected chi connectivity index (χ4v) is 1.74. The number of carboxylic acids is 1. The highest BCUT2D eigenvalue weighted by Gasteiger charge is 2.20. The number of benzene rings is 1. The molecule has 0 spiro atoms. The van der Waals surface area contributed by atoms with E-state index in [1.165, 1.54) is 25.1 Å². The first kappa shape index (κ1) is 15.4. The van der Waals surface area contributed by atoms with Crippen molar-refractivity contribution in [3.8, 4) is 0 Å². The molecule has 0 saturated heterocycles. The van der Waals surface area contributed by atoms with Gasteiger partial charge >= 0.3 is 5.97 Å². The third-order valence-corrected chi connectivity index (χ3v) is 2.80. The lowest BCUT2D eigenvalue weighted by Crippen LogP contribution is -2.34. The highest BCUT2D eigenvalue weighted by Crippen LogP contribution is 2.23. The number of hydrogen-bond donors (Lipinski definition) is 4. The lowest BCUT2D eigenvalue weighted by atomic mass is 10.0. The summed E-state index contributed by atoms with van der Waals surface area (Å²) in [5.41, 5.74) is 0.182. The summed E-state index contributed by atoms with van der Waals surface area (Å²) in [6, 6.07) is 3.87. The molecule has 0 fully saturated rings. The van der Waals surface area contributed by atoms with E-state index in [0.717, 1.165) is 0 Å². The summed E-state index contributed by atoms with van der Waals surface area (Å²) >= 11 is 5.76. The van der Waals surface area contributed by atoms with Crippen molar-refractivity contribution in [1.82, 2.24) is 5.32 Å². The van der Waals surface area contributed by atoms with E-state index < -0.39 is 18.2 Å². The SMILES string of the molecule is CC(=O)NCC(O)C(O)c1ccc(C(=O)O)c(Cl)c1. The van der Waals surface area contributed by atoms with Crippen LogP contribution < -0.4 is 5.32 Å². The van der Waals surface area contributed by atoms with E-state index in [0.29, 0.717) is 0 Å². The van der Waals surface area contributed by atoms with Gasteiger partial charge in [-0.2, -0.15) is 0 Å². The van der Waals surface area contributed by atoms with E-state index in [1.54, 1.807) is 0 Å². The monoisotopic (exact) mass is 287 g/mol. The minimum atomic E-state index is -1.27. The van der Waals surface area contributed by atoms with Crippen LogP contribution in [0, 0.1) is 0 Å². The number of hydrogen-bond acceptors (Lipinski definition) is 4. The van der Waals surface area contributed by atoms with Crippen LogP contribution in [0.2, 0.25) is 5.02 Å². The van der Waals surface area contributed by atoms with Gasteiger partial charge in [-0.1, -0.05) is 17.7 Å². The molecule has 1 aromatic rings. The molecule has 1 rings (SSSR count). The summed E-state index contributed by atoms with van der Waals surface area (Å²) in [6.45, 7) is 1.17. The van der Waals surface area contributed by atoms with Gasteiger partial charge in [0.15, 0.2) is 0 Å². The number of carboxylic acid groups (broad SMARTS) is 1. The molecule has 0 radical (unpaired) electrons. The number of halogens is 1. The molecule has 4 N–H and O–H groups in total. The third kappa shape index (κ3) is 4.20. The molecule has 1 aromatic carbocycles. The molecular weight excluding hydrogens is 274 g/mol. The van der Waals surface area contributed by atoms with Crippen molar-refractivity contribution < 1.29 is 24.9 Å². The molecule has 104 valence electrons. The Morgan fingerprint density at radius 1 is 1.37 bits per heavy atom. The summed E-state index contributed by atoms with van der Waals surface area (Å²) in [6.07, 6.45) is -2.48. The average molecular weight is 288 g/mol. The number of nitrogens with one attached hydrogen (secondary N) is 1. The molecule has 0 aliphatic heterocycles. The maximum Gasteiger partial charge on any atom is 0.337 e. The normalized spacial score (nSPS) is 13.7. The third-order valence-electron chi connectivity index (χ3n) is 2.49. The van der Waals surface area contributed by atoms with Crippen LogP contribution in [0.25, 0.3) is 0 Å². The van der Waals surface area contributed by atoms with Gasteiger partial charge in [-0.05, 0) is 17.7 Å². The second-order valence-corrected chi connectivity index (χ2v) is 4.40. The molecule has 19 heavy (non-hydrogen) atoms. The van der Waals surface area contributed by atoms with Gasteiger partial charge in [0.1, 0.15) is 12.2 Å². The van der Waals surface area contributed by atoms with E-state index in [2.05, 4.69) is 5.32 Å². The second kappa shape index (κ2) is 6.51. The Kier molecular flexibility index (Phi) is 5.29. The number of carbonyl (C=O) groups excluding carboxylic acids is 1. The van der Waals surface area contributed by atoms with Crippen molar-refractivity contribution in [3.05, 3.63) is 34.3 Å². The summed E-state index contributed by atoms with van der Waals surface area (Å²) in [5, 5.41) is 30.7. The molecule has 2 unspecified atom stereocenters. The molecule has 0 heterocycles. The Hall–Kier alpha value is -1.63. The Balaban J connectivity index is 2.82. The van der Waals surface area contributed by atoms with E-state index in [4.69, 9.17) is 16.7 Å². The zero-order valence-corrected chi connectivity index (χ0v) is 10.9. The number of aliphatic hydroxyl groups is 2. The van der Waals surface area contributed by atoms with Crippen LogP contribution in [0.4, 0.5) is 0 Å². The van der Waals surface area contributed by atoms with E-state index in [1.807, 2.05) is 0 Å². The average Bonchev–Trinajstić information content (AvgIpc) is 2.34. The second-order valence-electron chi connectivity index (χ2n) is 3.99. The van der Waals surface area contributed by atoms with E-state index >= 15 is 0 Å². The van der Waals surface area contributed by atoms with Crippen LogP contribution in [0.5, 0.6) is 0 Å². The predicted octanol–water partition coefficient (Wildman–Crippen LogP) is 0.569. The molecule has 6 nitrogen and oxygen atoms in total. The topological polar surface area (TPSA) is 107 Å². The zero-order valence-electron chi connectivity index (χ0n) is 10.1. The van der Waals surface area contributed by atoms with Crippen molar-refractivity contribution in [2.24, 2.45) is 0 Å². The Morgan fingerprint density at radius 2 is 2.00 bits per heavy atom. The Morgan fingerprint density at radius 3 is 2.47 bits per heavy atom. The summed E-state index contributed by atoms with van der Waals surface area (Å²) < 4.78 is 0. The van der Waals surface area contributed by atoms with Gasteiger partial charge in [-0.25, -0.2) is 4.79 Å². The van der Waals surface area contributed by atoms with E-state index in [9.17, 15) is 19.8 Å². The quantitative estimate of drug-likeness (QED) is 0.633. The van der Waals surface area contributed by atoms with Crippen LogP contribution >= 0.6 is 11.6 Å². The van der Waals surface area contributed by atoms with Gasteiger partial charge in [0.05, 0.1) is 10.6 Å². The van der Waals surface area contributed by atoms with Gasteiger partial charge in [0.25, 0.3) is 0 Å². The maximum absolute atomic E-state index is 10.8. The Labute approximate surface area is 114 Å². The minimum absolute atomic E-state index is 0.0317. The van der Waals surface area contributed by atoms with Crippen molar-refractivity contribution in [2.75, 3.05) is 6.54 Å². The number of carbonyl (C=O) groups is 2. The zero-order chi connectivity index (χ0) is 14.6. The van der Waals surface area contributed by atoms with Gasteiger partial charge in [0.2, 0.25) is 5.91 Å². The minimum Gasteiger partial charge on any atom is -0.478 e. The number of aromatic carboxylic acids is 1. The number of aliphatic hydroxyl groups excluding tert-OH is 2. The van der Waals surface area contributed by atoms with Gasteiger partial charge in [-0.3, -0.25) is 4.79 Å². The molecule has 0 saturated carbocycles. The summed E-state index contributed by atoms with van der Waals surface area (Å²) in [5.74, 6) is -1.50. The Bertz CT molecular complexity index is 491. The number of amides is 1. The first-order valence-electron chi connectivity index (χ1n) is 5.46. The molecule has 7 heteroatoms. The molecule has 1 amide bonds. The lowest BCUT2D eigenvalue weighted by molar-refractivity contribution is -0.119. The molecule has 0 aliphatic carbocycles.